The van der Waals surface area contributed by atoms with E-state index in [1.54, 1.807) is 42.7 Å². The molecule has 8 nitrogen and oxygen atoms in total. The number of carbonyl (C=O) groups is 1. The molecule has 1 aromatic carbocycles. The third-order valence-electron chi connectivity index (χ3n) is 5.30. The second-order valence-electron chi connectivity index (χ2n) is 7.28. The Kier molecular flexibility index (Phi) is 5.57. The number of fused-ring (bicyclic) bond motifs is 1. The van der Waals surface area contributed by atoms with Crippen molar-refractivity contribution in [1.29, 1.82) is 0 Å². The van der Waals surface area contributed by atoms with E-state index in [9.17, 15) is 13.2 Å². The second-order valence-corrected chi connectivity index (χ2v) is 9.39. The lowest BCUT2D eigenvalue weighted by Gasteiger charge is -2.32. The van der Waals surface area contributed by atoms with Crippen LogP contribution >= 0.6 is 0 Å². The molecule has 1 atom stereocenters. The van der Waals surface area contributed by atoms with Crippen LogP contribution in [-0.2, 0) is 14.6 Å². The zero-order valence-electron chi connectivity index (χ0n) is 16.0. The van der Waals surface area contributed by atoms with E-state index in [1.165, 1.54) is 0 Å². The van der Waals surface area contributed by atoms with Gasteiger partial charge in [0.2, 0.25) is 5.91 Å². The van der Waals surface area contributed by atoms with Gasteiger partial charge in [0.15, 0.2) is 15.5 Å². The number of sulfone groups is 1. The molecule has 0 spiro atoms. The number of piperidine rings is 1. The van der Waals surface area contributed by atoms with Crippen molar-refractivity contribution >= 4 is 26.9 Å². The van der Waals surface area contributed by atoms with E-state index in [0.717, 1.165) is 24.1 Å². The SMILES string of the molecule is O=C(CCCS(=O)(=O)c1ccccc1)N1CCCC(c2[nH]nc3nccnc23)C1. The summed E-state index contributed by atoms with van der Waals surface area (Å²) in [5.41, 5.74) is 2.25. The Labute approximate surface area is 169 Å². The molecule has 9 heteroatoms. The molecule has 1 N–H and O–H groups in total. The monoisotopic (exact) mass is 413 g/mol. The van der Waals surface area contributed by atoms with Crippen molar-refractivity contribution in [2.75, 3.05) is 18.8 Å². The maximum atomic E-state index is 12.7. The van der Waals surface area contributed by atoms with Gasteiger partial charge < -0.3 is 4.90 Å². The quantitative estimate of drug-likeness (QED) is 0.664. The van der Waals surface area contributed by atoms with E-state index in [2.05, 4.69) is 20.2 Å². The minimum absolute atomic E-state index is 0.00660. The van der Waals surface area contributed by atoms with Crippen molar-refractivity contribution in [3.63, 3.8) is 0 Å². The zero-order valence-corrected chi connectivity index (χ0v) is 16.8. The maximum absolute atomic E-state index is 12.7. The predicted molar refractivity (Wildman–Crippen MR) is 108 cm³/mol. The lowest BCUT2D eigenvalue weighted by molar-refractivity contribution is -0.132. The largest absolute Gasteiger partial charge is 0.342 e. The maximum Gasteiger partial charge on any atom is 0.222 e. The Balaban J connectivity index is 1.35. The summed E-state index contributed by atoms with van der Waals surface area (Å²) in [6, 6.07) is 8.36. The fourth-order valence-electron chi connectivity index (χ4n) is 3.81. The van der Waals surface area contributed by atoms with Crippen LogP contribution in [0.1, 0.15) is 37.3 Å². The van der Waals surface area contributed by atoms with Crippen molar-refractivity contribution in [3.05, 3.63) is 48.4 Å². The standard InChI is InChI=1S/C20H23N5O3S/c26-17(9-5-13-29(27,28)16-7-2-1-3-8-16)25-12-4-6-15(14-25)18-19-20(24-23-18)22-11-10-21-19/h1-3,7-8,10-11,15H,4-6,9,12-14H2,(H,22,23,24). The minimum atomic E-state index is -3.36. The number of likely N-dealkylation sites (tertiary alicyclic amines) is 1. The lowest BCUT2D eigenvalue weighted by atomic mass is 9.94. The summed E-state index contributed by atoms with van der Waals surface area (Å²) in [4.78, 5) is 23.4. The van der Waals surface area contributed by atoms with Crippen LogP contribution in [0.4, 0.5) is 0 Å². The number of amides is 1. The first-order valence-electron chi connectivity index (χ1n) is 9.75. The molecule has 0 saturated carbocycles. The minimum Gasteiger partial charge on any atom is -0.342 e. The predicted octanol–water partition coefficient (Wildman–Crippen LogP) is 2.31. The van der Waals surface area contributed by atoms with Gasteiger partial charge in [-0.3, -0.25) is 9.89 Å². The summed E-state index contributed by atoms with van der Waals surface area (Å²) >= 11 is 0. The molecule has 3 heterocycles. The smallest absolute Gasteiger partial charge is 0.222 e. The molecule has 0 aliphatic carbocycles. The Hall–Kier alpha value is -2.81. The van der Waals surface area contributed by atoms with Crippen LogP contribution in [0.15, 0.2) is 47.6 Å². The van der Waals surface area contributed by atoms with Crippen LogP contribution in [-0.4, -0.2) is 58.2 Å². The molecule has 152 valence electrons. The summed E-state index contributed by atoms with van der Waals surface area (Å²) in [7, 11) is -3.36. The first-order chi connectivity index (χ1) is 14.0. The normalized spacial score (nSPS) is 17.5. The number of nitrogens with one attached hydrogen (secondary N) is 1. The Morgan fingerprint density at radius 3 is 2.79 bits per heavy atom. The molecule has 4 rings (SSSR count). The number of H-pyrrole nitrogens is 1. The highest BCUT2D eigenvalue weighted by molar-refractivity contribution is 7.91. The Morgan fingerprint density at radius 1 is 1.17 bits per heavy atom. The van der Waals surface area contributed by atoms with E-state index >= 15 is 0 Å². The van der Waals surface area contributed by atoms with Crippen molar-refractivity contribution < 1.29 is 13.2 Å². The molecule has 1 unspecified atom stereocenters. The molecule has 2 aromatic heterocycles. The number of hydrogen-bond acceptors (Lipinski definition) is 6. The van der Waals surface area contributed by atoms with Crippen molar-refractivity contribution in [1.82, 2.24) is 25.1 Å². The number of rotatable bonds is 6. The van der Waals surface area contributed by atoms with Crippen molar-refractivity contribution in [2.24, 2.45) is 0 Å². The van der Waals surface area contributed by atoms with Gasteiger partial charge in [0.1, 0.15) is 5.52 Å². The summed E-state index contributed by atoms with van der Waals surface area (Å²) in [6.07, 6.45) is 5.62. The summed E-state index contributed by atoms with van der Waals surface area (Å²) in [5.74, 6) is 0.0937. The zero-order chi connectivity index (χ0) is 20.3. The fraction of sp³-hybridized carbons (Fsp3) is 0.400. The van der Waals surface area contributed by atoms with Crippen LogP contribution in [0.25, 0.3) is 11.2 Å². The average Bonchev–Trinajstić information content (AvgIpc) is 3.18. The summed E-state index contributed by atoms with van der Waals surface area (Å²) in [5, 5.41) is 7.23. The number of carbonyl (C=O) groups excluding carboxylic acids is 1. The second kappa shape index (κ2) is 8.28. The first kappa shape index (κ1) is 19.5. The van der Waals surface area contributed by atoms with Crippen LogP contribution in [0.3, 0.4) is 0 Å². The number of aromatic nitrogens is 4. The molecule has 0 radical (unpaired) electrons. The average molecular weight is 414 g/mol. The van der Waals surface area contributed by atoms with Crippen molar-refractivity contribution in [2.45, 2.75) is 36.5 Å². The Bertz CT molecular complexity index is 1100. The number of benzene rings is 1. The molecule has 1 aliphatic heterocycles. The van der Waals surface area contributed by atoms with E-state index in [0.29, 0.717) is 30.1 Å². The highest BCUT2D eigenvalue weighted by atomic mass is 32.2. The number of nitrogens with zero attached hydrogens (tertiary/aromatic N) is 4. The molecular weight excluding hydrogens is 390 g/mol. The van der Waals surface area contributed by atoms with E-state index in [1.807, 2.05) is 4.90 Å². The lowest BCUT2D eigenvalue weighted by Crippen LogP contribution is -2.39. The van der Waals surface area contributed by atoms with Gasteiger partial charge in [0, 0.05) is 37.8 Å². The van der Waals surface area contributed by atoms with E-state index < -0.39 is 9.84 Å². The molecule has 29 heavy (non-hydrogen) atoms. The molecule has 3 aromatic rings. The number of hydrogen-bond donors (Lipinski definition) is 1. The van der Waals surface area contributed by atoms with E-state index in [4.69, 9.17) is 0 Å². The number of aromatic amines is 1. The molecule has 1 aliphatic rings. The van der Waals surface area contributed by atoms with E-state index in [-0.39, 0.29) is 24.0 Å². The van der Waals surface area contributed by atoms with Gasteiger partial charge in [-0.15, -0.1) is 0 Å². The van der Waals surface area contributed by atoms with Crippen LogP contribution in [0, 0.1) is 0 Å². The molecular formula is C20H23N5O3S. The summed E-state index contributed by atoms with van der Waals surface area (Å²) in [6.45, 7) is 1.27. The van der Waals surface area contributed by atoms with Gasteiger partial charge in [-0.25, -0.2) is 18.4 Å². The van der Waals surface area contributed by atoms with Crippen molar-refractivity contribution in [3.8, 4) is 0 Å². The summed E-state index contributed by atoms with van der Waals surface area (Å²) < 4.78 is 24.7. The van der Waals surface area contributed by atoms with Crippen LogP contribution < -0.4 is 0 Å². The third kappa shape index (κ3) is 4.29. The highest BCUT2D eigenvalue weighted by Gasteiger charge is 2.28. The van der Waals surface area contributed by atoms with Gasteiger partial charge in [-0.2, -0.15) is 5.10 Å². The van der Waals surface area contributed by atoms with Gasteiger partial charge in [-0.05, 0) is 31.4 Å². The van der Waals surface area contributed by atoms with Gasteiger partial charge in [-0.1, -0.05) is 18.2 Å². The van der Waals surface area contributed by atoms with Gasteiger partial charge in [0.05, 0.1) is 16.3 Å². The topological polar surface area (TPSA) is 109 Å². The first-order valence-corrected chi connectivity index (χ1v) is 11.4. The van der Waals surface area contributed by atoms with Crippen LogP contribution in [0.5, 0.6) is 0 Å². The molecule has 1 fully saturated rings. The highest BCUT2D eigenvalue weighted by Crippen LogP contribution is 2.29. The Morgan fingerprint density at radius 2 is 1.97 bits per heavy atom. The third-order valence-corrected chi connectivity index (χ3v) is 7.12. The molecule has 0 bridgehead atoms. The molecule has 1 saturated heterocycles. The van der Waals surface area contributed by atoms with Gasteiger partial charge >= 0.3 is 0 Å². The van der Waals surface area contributed by atoms with Gasteiger partial charge in [0.25, 0.3) is 0 Å². The fourth-order valence-corrected chi connectivity index (χ4v) is 5.14. The van der Waals surface area contributed by atoms with Crippen LogP contribution in [0.2, 0.25) is 0 Å². The molecule has 1 amide bonds.